The summed E-state index contributed by atoms with van der Waals surface area (Å²) in [5.74, 6) is 0.615. The molecular formula is C13H17N3. The molecule has 2 rings (SSSR count). The quantitative estimate of drug-likeness (QED) is 0.788. The van der Waals surface area contributed by atoms with Crippen molar-refractivity contribution < 1.29 is 0 Å². The number of hydrogen-bond acceptors (Lipinski definition) is 2. The first kappa shape index (κ1) is 10.9. The van der Waals surface area contributed by atoms with E-state index in [4.69, 9.17) is 0 Å². The zero-order valence-electron chi connectivity index (χ0n) is 10.0. The van der Waals surface area contributed by atoms with Crippen molar-refractivity contribution in [1.82, 2.24) is 14.8 Å². The summed E-state index contributed by atoms with van der Waals surface area (Å²) in [4.78, 5) is 4.29. The molecule has 0 amide bonds. The molecule has 0 fully saturated rings. The Kier molecular flexibility index (Phi) is 3.04. The van der Waals surface area contributed by atoms with Crippen molar-refractivity contribution in [1.29, 1.82) is 0 Å². The van der Waals surface area contributed by atoms with E-state index in [2.05, 4.69) is 36.2 Å². The Morgan fingerprint density at radius 3 is 2.62 bits per heavy atom. The minimum absolute atomic E-state index is 0.615. The van der Waals surface area contributed by atoms with Crippen molar-refractivity contribution >= 4 is 0 Å². The summed E-state index contributed by atoms with van der Waals surface area (Å²) in [6, 6.07) is 4.11. The zero-order valence-corrected chi connectivity index (χ0v) is 10.0. The molecule has 84 valence electrons. The van der Waals surface area contributed by atoms with Gasteiger partial charge < -0.3 is 0 Å². The lowest BCUT2D eigenvalue weighted by molar-refractivity contribution is 0.483. The van der Waals surface area contributed by atoms with E-state index in [0.717, 1.165) is 23.4 Å². The first-order chi connectivity index (χ1) is 7.65. The number of pyridine rings is 1. The Morgan fingerprint density at radius 1 is 1.19 bits per heavy atom. The van der Waals surface area contributed by atoms with Crippen molar-refractivity contribution in [3.63, 3.8) is 0 Å². The van der Waals surface area contributed by atoms with Gasteiger partial charge in [-0.3, -0.25) is 9.67 Å². The van der Waals surface area contributed by atoms with Crippen LogP contribution >= 0.6 is 0 Å². The van der Waals surface area contributed by atoms with Crippen molar-refractivity contribution in [2.75, 3.05) is 0 Å². The van der Waals surface area contributed by atoms with Crippen LogP contribution in [0.5, 0.6) is 0 Å². The summed E-state index contributed by atoms with van der Waals surface area (Å²) in [5.41, 5.74) is 3.30. The SMILES string of the molecule is Cc1ccc(-c2cnn(CC(C)C)c2)cn1. The molecule has 0 spiro atoms. The van der Waals surface area contributed by atoms with Gasteiger partial charge in [0.15, 0.2) is 0 Å². The van der Waals surface area contributed by atoms with Crippen LogP contribution in [-0.4, -0.2) is 14.8 Å². The van der Waals surface area contributed by atoms with Crippen LogP contribution in [-0.2, 0) is 6.54 Å². The molecule has 16 heavy (non-hydrogen) atoms. The van der Waals surface area contributed by atoms with Crippen molar-refractivity contribution in [3.8, 4) is 11.1 Å². The molecule has 2 heterocycles. The molecule has 2 aromatic rings. The summed E-state index contributed by atoms with van der Waals surface area (Å²) >= 11 is 0. The highest BCUT2D eigenvalue weighted by Gasteiger charge is 2.03. The second-order valence-electron chi connectivity index (χ2n) is 4.53. The maximum atomic E-state index is 4.34. The number of hydrogen-bond donors (Lipinski definition) is 0. The third-order valence-corrected chi connectivity index (χ3v) is 2.43. The predicted molar refractivity (Wildman–Crippen MR) is 65.0 cm³/mol. The van der Waals surface area contributed by atoms with E-state index in [-0.39, 0.29) is 0 Å². The van der Waals surface area contributed by atoms with Crippen molar-refractivity contribution in [3.05, 3.63) is 36.4 Å². The topological polar surface area (TPSA) is 30.7 Å². The highest BCUT2D eigenvalue weighted by Crippen LogP contribution is 2.17. The molecule has 0 aromatic carbocycles. The zero-order chi connectivity index (χ0) is 11.5. The fraction of sp³-hybridized carbons (Fsp3) is 0.385. The lowest BCUT2D eigenvalue weighted by Gasteiger charge is -2.03. The van der Waals surface area contributed by atoms with Gasteiger partial charge in [-0.1, -0.05) is 19.9 Å². The minimum Gasteiger partial charge on any atom is -0.272 e. The fourth-order valence-electron chi connectivity index (χ4n) is 1.63. The molecule has 0 radical (unpaired) electrons. The van der Waals surface area contributed by atoms with E-state index in [1.807, 2.05) is 30.1 Å². The summed E-state index contributed by atoms with van der Waals surface area (Å²) in [6.07, 6.45) is 5.87. The van der Waals surface area contributed by atoms with Gasteiger partial charge in [0.05, 0.1) is 6.20 Å². The Balaban J connectivity index is 2.21. The maximum absolute atomic E-state index is 4.34. The third kappa shape index (κ3) is 2.48. The molecule has 3 nitrogen and oxygen atoms in total. The summed E-state index contributed by atoms with van der Waals surface area (Å²) in [7, 11) is 0. The lowest BCUT2D eigenvalue weighted by atomic mass is 10.1. The molecule has 0 atom stereocenters. The van der Waals surface area contributed by atoms with Gasteiger partial charge in [-0.2, -0.15) is 5.10 Å². The highest BCUT2D eigenvalue weighted by molar-refractivity contribution is 5.60. The molecule has 0 aliphatic rings. The third-order valence-electron chi connectivity index (χ3n) is 2.43. The second-order valence-corrected chi connectivity index (χ2v) is 4.53. The summed E-state index contributed by atoms with van der Waals surface area (Å²) in [6.45, 7) is 7.33. The Labute approximate surface area is 96.1 Å². The predicted octanol–water partition coefficient (Wildman–Crippen LogP) is 2.91. The van der Waals surface area contributed by atoms with Crippen LogP contribution in [0.2, 0.25) is 0 Å². The van der Waals surface area contributed by atoms with Gasteiger partial charge >= 0.3 is 0 Å². The molecule has 2 aromatic heterocycles. The van der Waals surface area contributed by atoms with E-state index >= 15 is 0 Å². The molecule has 0 saturated heterocycles. The van der Waals surface area contributed by atoms with Crippen molar-refractivity contribution in [2.24, 2.45) is 5.92 Å². The fourth-order valence-corrected chi connectivity index (χ4v) is 1.63. The van der Waals surface area contributed by atoms with E-state index in [9.17, 15) is 0 Å². The van der Waals surface area contributed by atoms with Crippen LogP contribution in [0, 0.1) is 12.8 Å². The number of aryl methyl sites for hydroxylation is 1. The summed E-state index contributed by atoms with van der Waals surface area (Å²) in [5, 5.41) is 4.34. The van der Waals surface area contributed by atoms with Crippen molar-refractivity contribution in [2.45, 2.75) is 27.3 Å². The molecule has 3 heteroatoms. The number of nitrogens with zero attached hydrogens (tertiary/aromatic N) is 3. The van der Waals surface area contributed by atoms with E-state index in [1.54, 1.807) is 0 Å². The largest absolute Gasteiger partial charge is 0.272 e. The van der Waals surface area contributed by atoms with Crippen LogP contribution < -0.4 is 0 Å². The summed E-state index contributed by atoms with van der Waals surface area (Å²) < 4.78 is 1.99. The first-order valence-corrected chi connectivity index (χ1v) is 5.60. The molecular weight excluding hydrogens is 198 g/mol. The molecule has 0 bridgehead atoms. The van der Waals surface area contributed by atoms with E-state index < -0.39 is 0 Å². The van der Waals surface area contributed by atoms with Gasteiger partial charge in [0, 0.05) is 35.8 Å². The van der Waals surface area contributed by atoms with Crippen LogP contribution in [0.25, 0.3) is 11.1 Å². The van der Waals surface area contributed by atoms with Gasteiger partial charge in [-0.25, -0.2) is 0 Å². The van der Waals surface area contributed by atoms with E-state index in [1.165, 1.54) is 0 Å². The van der Waals surface area contributed by atoms with Crippen LogP contribution in [0.15, 0.2) is 30.7 Å². The number of aromatic nitrogens is 3. The Hall–Kier alpha value is -1.64. The average molecular weight is 215 g/mol. The highest BCUT2D eigenvalue weighted by atomic mass is 15.3. The van der Waals surface area contributed by atoms with Gasteiger partial charge in [-0.15, -0.1) is 0 Å². The first-order valence-electron chi connectivity index (χ1n) is 5.60. The van der Waals surface area contributed by atoms with Crippen LogP contribution in [0.1, 0.15) is 19.5 Å². The molecule has 0 aliphatic heterocycles. The normalized spacial score (nSPS) is 11.0. The Bertz CT molecular complexity index is 454. The minimum atomic E-state index is 0.615. The Morgan fingerprint density at radius 2 is 2.00 bits per heavy atom. The number of rotatable bonds is 3. The maximum Gasteiger partial charge on any atom is 0.0568 e. The second kappa shape index (κ2) is 4.47. The molecule has 0 unspecified atom stereocenters. The lowest BCUT2D eigenvalue weighted by Crippen LogP contribution is -2.03. The van der Waals surface area contributed by atoms with Gasteiger partial charge in [0.25, 0.3) is 0 Å². The molecule has 0 N–H and O–H groups in total. The molecule has 0 saturated carbocycles. The van der Waals surface area contributed by atoms with Gasteiger partial charge in [0.2, 0.25) is 0 Å². The molecule has 0 aliphatic carbocycles. The van der Waals surface area contributed by atoms with E-state index in [0.29, 0.717) is 5.92 Å². The monoisotopic (exact) mass is 215 g/mol. The standard InChI is InChI=1S/C13H17N3/c1-10(2)8-16-9-13(7-15-16)12-5-4-11(3)14-6-12/h4-7,9-10H,8H2,1-3H3. The van der Waals surface area contributed by atoms with Gasteiger partial charge in [-0.05, 0) is 18.9 Å². The smallest absolute Gasteiger partial charge is 0.0568 e. The average Bonchev–Trinajstić information content (AvgIpc) is 2.66. The van der Waals surface area contributed by atoms with Crippen LogP contribution in [0.3, 0.4) is 0 Å². The van der Waals surface area contributed by atoms with Crippen LogP contribution in [0.4, 0.5) is 0 Å². The van der Waals surface area contributed by atoms with Gasteiger partial charge in [0.1, 0.15) is 0 Å².